The van der Waals surface area contributed by atoms with Gasteiger partial charge in [0, 0.05) is 32.5 Å². The second kappa shape index (κ2) is 18.3. The number of hydrogen-bond acceptors (Lipinski definition) is 14. The number of likely N-dealkylation sites (N-methyl/N-ethyl adjacent to an activating group) is 1. The molecule has 1 saturated carbocycles. The number of nitrogens with two attached hydrogens (primary N) is 1. The van der Waals surface area contributed by atoms with Crippen LogP contribution in [0.4, 0.5) is 4.79 Å². The molecular weight excluding hydrogens is 658 g/mol. The SMILES string of the molecule is CC[C@H]1O[C@H](OC2[C@@H](C)C[C@@H](CC(=O)N(C)CCNC(=O)OCc3ccccc3)[C@H](O[C@H]3O[C@H](CO)[C@@H](O)[C@H](N)[C@H]3O)[C@H]2O)[C@H](C)[C@@H](O)[C@@H]1O. The lowest BCUT2D eigenvalue weighted by atomic mass is 9.74. The maximum absolute atomic E-state index is 13.5. The minimum Gasteiger partial charge on any atom is -0.445 e. The molecule has 0 bridgehead atoms. The summed E-state index contributed by atoms with van der Waals surface area (Å²) in [5, 5.41) is 66.4. The van der Waals surface area contributed by atoms with Crippen molar-refractivity contribution in [3.8, 4) is 0 Å². The number of carbonyl (C=O) groups is 2. The van der Waals surface area contributed by atoms with E-state index in [-0.39, 0.29) is 37.9 Å². The first-order valence-corrected chi connectivity index (χ1v) is 17.3. The van der Waals surface area contributed by atoms with Gasteiger partial charge in [0.15, 0.2) is 12.6 Å². The van der Waals surface area contributed by atoms with Crippen LogP contribution in [-0.2, 0) is 35.1 Å². The third-order valence-corrected chi connectivity index (χ3v) is 10.1. The molecule has 3 aliphatic rings. The van der Waals surface area contributed by atoms with E-state index in [1.54, 1.807) is 20.9 Å². The molecule has 1 aromatic carbocycles. The quantitative estimate of drug-likeness (QED) is 0.120. The monoisotopic (exact) mass is 713 g/mol. The maximum atomic E-state index is 13.5. The Morgan fingerprint density at radius 2 is 1.58 bits per heavy atom. The second-order valence-electron chi connectivity index (χ2n) is 13.7. The number of nitrogens with zero attached hydrogens (tertiary/aromatic N) is 1. The first-order chi connectivity index (χ1) is 23.8. The lowest BCUT2D eigenvalue weighted by molar-refractivity contribution is -0.332. The van der Waals surface area contributed by atoms with E-state index in [1.807, 2.05) is 37.3 Å². The van der Waals surface area contributed by atoms with Gasteiger partial charge in [-0.15, -0.1) is 0 Å². The van der Waals surface area contributed by atoms with Gasteiger partial charge >= 0.3 is 6.09 Å². The van der Waals surface area contributed by atoms with Gasteiger partial charge < -0.3 is 70.3 Å². The van der Waals surface area contributed by atoms with Gasteiger partial charge in [-0.05, 0) is 30.2 Å². The maximum Gasteiger partial charge on any atom is 0.407 e. The number of aliphatic hydroxyl groups is 6. The van der Waals surface area contributed by atoms with Crippen LogP contribution in [0.25, 0.3) is 0 Å². The normalized spacial score (nSPS) is 39.1. The van der Waals surface area contributed by atoms with Crippen LogP contribution in [0.15, 0.2) is 30.3 Å². The van der Waals surface area contributed by atoms with Gasteiger partial charge in [0.2, 0.25) is 5.91 Å². The van der Waals surface area contributed by atoms with Gasteiger partial charge in [-0.2, -0.15) is 0 Å². The van der Waals surface area contributed by atoms with Crippen LogP contribution in [0.3, 0.4) is 0 Å². The van der Waals surface area contributed by atoms with E-state index in [0.29, 0.717) is 12.8 Å². The van der Waals surface area contributed by atoms with Crippen molar-refractivity contribution in [3.63, 3.8) is 0 Å². The van der Waals surface area contributed by atoms with Crippen molar-refractivity contribution in [2.45, 2.75) is 120 Å². The van der Waals surface area contributed by atoms with Crippen molar-refractivity contribution in [2.24, 2.45) is 23.5 Å². The molecule has 1 aliphatic carbocycles. The number of aliphatic hydroxyl groups excluding tert-OH is 6. The molecule has 2 amide bonds. The Morgan fingerprint density at radius 1 is 0.920 bits per heavy atom. The van der Waals surface area contributed by atoms with Crippen LogP contribution in [0.2, 0.25) is 0 Å². The third kappa shape index (κ3) is 9.68. The highest BCUT2D eigenvalue weighted by Crippen LogP contribution is 2.40. The first-order valence-electron chi connectivity index (χ1n) is 17.3. The number of ether oxygens (including phenoxy) is 5. The summed E-state index contributed by atoms with van der Waals surface area (Å²) >= 11 is 0. The minimum absolute atomic E-state index is 0.0895. The predicted octanol–water partition coefficient (Wildman–Crippen LogP) is -1.19. The molecule has 0 aromatic heterocycles. The van der Waals surface area contributed by atoms with E-state index in [4.69, 9.17) is 29.4 Å². The van der Waals surface area contributed by atoms with E-state index in [9.17, 15) is 40.2 Å². The number of hydrogen-bond donors (Lipinski definition) is 8. The summed E-state index contributed by atoms with van der Waals surface area (Å²) < 4.78 is 29.3. The van der Waals surface area contributed by atoms with Crippen molar-refractivity contribution >= 4 is 12.0 Å². The molecule has 50 heavy (non-hydrogen) atoms. The molecule has 0 radical (unpaired) electrons. The van der Waals surface area contributed by atoms with Crippen molar-refractivity contribution < 1.29 is 63.9 Å². The fourth-order valence-electron chi connectivity index (χ4n) is 6.86. The van der Waals surface area contributed by atoms with Gasteiger partial charge in [0.05, 0.1) is 37.1 Å². The second-order valence-corrected chi connectivity index (χ2v) is 13.7. The zero-order valence-corrected chi connectivity index (χ0v) is 29.1. The Labute approximate surface area is 292 Å². The molecule has 2 aliphatic heterocycles. The summed E-state index contributed by atoms with van der Waals surface area (Å²) in [5.74, 6) is -1.91. The number of rotatable bonds is 13. The Balaban J connectivity index is 1.43. The summed E-state index contributed by atoms with van der Waals surface area (Å²) in [6.45, 7) is 5.10. The standard InChI is InChI=1S/C34H55N3O13/c1-5-21-27(42)25(40)18(3)32(47-21)49-30-17(2)13-20(31(29(30)44)50-33-28(43)24(35)26(41)22(15-38)48-33)14-23(39)37(4)12-11-36-34(45)46-16-19-9-7-6-8-10-19/h6-10,17-18,20-22,24-33,38,40-44H,5,11-16,35H2,1-4H3,(H,36,45)/t17-,18+,20-,21+,22+,24-,25+,26+,27+,28+,29-,30?,31-,32+,33+/m0/s1. The van der Waals surface area contributed by atoms with E-state index < -0.39 is 98.1 Å². The van der Waals surface area contributed by atoms with E-state index in [2.05, 4.69) is 5.32 Å². The van der Waals surface area contributed by atoms with Gasteiger partial charge in [0.25, 0.3) is 0 Å². The van der Waals surface area contributed by atoms with Crippen LogP contribution < -0.4 is 11.1 Å². The highest BCUT2D eigenvalue weighted by molar-refractivity contribution is 5.76. The lowest BCUT2D eigenvalue weighted by Crippen LogP contribution is -2.65. The van der Waals surface area contributed by atoms with Crippen molar-refractivity contribution in [2.75, 3.05) is 26.7 Å². The molecule has 2 heterocycles. The lowest BCUT2D eigenvalue weighted by Gasteiger charge is -2.49. The molecule has 16 nitrogen and oxygen atoms in total. The molecular formula is C34H55N3O13. The highest BCUT2D eigenvalue weighted by atomic mass is 16.7. The predicted molar refractivity (Wildman–Crippen MR) is 176 cm³/mol. The largest absolute Gasteiger partial charge is 0.445 e. The molecule has 9 N–H and O–H groups in total. The van der Waals surface area contributed by atoms with E-state index in [1.165, 1.54) is 4.90 Å². The molecule has 15 atom stereocenters. The molecule has 4 rings (SSSR count). The average molecular weight is 714 g/mol. The van der Waals surface area contributed by atoms with Crippen LogP contribution in [0, 0.1) is 17.8 Å². The van der Waals surface area contributed by atoms with Crippen LogP contribution in [-0.4, -0.2) is 148 Å². The van der Waals surface area contributed by atoms with Gasteiger partial charge in [-0.3, -0.25) is 4.79 Å². The molecule has 16 heteroatoms. The first kappa shape index (κ1) is 40.3. The number of benzene rings is 1. The Kier molecular flexibility index (Phi) is 14.8. The average Bonchev–Trinajstić information content (AvgIpc) is 3.10. The van der Waals surface area contributed by atoms with Gasteiger partial charge in [0.1, 0.15) is 37.1 Å². The fourth-order valence-corrected chi connectivity index (χ4v) is 6.86. The van der Waals surface area contributed by atoms with Gasteiger partial charge in [-0.1, -0.05) is 51.1 Å². The molecule has 1 aromatic rings. The molecule has 3 fully saturated rings. The zero-order chi connectivity index (χ0) is 36.7. The summed E-state index contributed by atoms with van der Waals surface area (Å²) in [7, 11) is 1.58. The van der Waals surface area contributed by atoms with E-state index in [0.717, 1.165) is 5.56 Å². The Hall–Kier alpha value is -2.48. The summed E-state index contributed by atoms with van der Waals surface area (Å²) in [5.41, 5.74) is 6.84. The number of carbonyl (C=O) groups excluding carboxylic acids is 2. The Bertz CT molecular complexity index is 1210. The summed E-state index contributed by atoms with van der Waals surface area (Å²) in [6.07, 6.45) is -12.9. The minimum atomic E-state index is -1.53. The molecule has 2 saturated heterocycles. The fraction of sp³-hybridized carbons (Fsp3) is 0.765. The van der Waals surface area contributed by atoms with Crippen LogP contribution in [0.1, 0.15) is 45.6 Å². The topological polar surface area (TPSA) is 243 Å². The van der Waals surface area contributed by atoms with Crippen molar-refractivity contribution in [1.82, 2.24) is 10.2 Å². The highest BCUT2D eigenvalue weighted by Gasteiger charge is 2.51. The summed E-state index contributed by atoms with van der Waals surface area (Å²) in [4.78, 5) is 27.1. The number of amides is 2. The molecule has 284 valence electrons. The summed E-state index contributed by atoms with van der Waals surface area (Å²) in [6, 6.07) is 7.97. The Morgan fingerprint density at radius 3 is 2.24 bits per heavy atom. The third-order valence-electron chi connectivity index (χ3n) is 10.1. The van der Waals surface area contributed by atoms with Gasteiger partial charge in [-0.25, -0.2) is 4.79 Å². The smallest absolute Gasteiger partial charge is 0.407 e. The molecule has 1 unspecified atom stereocenters. The van der Waals surface area contributed by atoms with Crippen LogP contribution >= 0.6 is 0 Å². The van der Waals surface area contributed by atoms with Crippen LogP contribution in [0.5, 0.6) is 0 Å². The van der Waals surface area contributed by atoms with E-state index >= 15 is 0 Å². The van der Waals surface area contributed by atoms with Crippen molar-refractivity contribution in [3.05, 3.63) is 35.9 Å². The molecule has 0 spiro atoms. The number of alkyl carbamates (subject to hydrolysis) is 1. The zero-order valence-electron chi connectivity index (χ0n) is 29.1. The number of nitrogens with one attached hydrogen (secondary N) is 1. The van der Waals surface area contributed by atoms with Crippen molar-refractivity contribution in [1.29, 1.82) is 0 Å².